The van der Waals surface area contributed by atoms with E-state index in [4.69, 9.17) is 4.74 Å². The van der Waals surface area contributed by atoms with Crippen LogP contribution in [0.4, 0.5) is 0 Å². The van der Waals surface area contributed by atoms with Crippen molar-refractivity contribution in [3.63, 3.8) is 0 Å². The molecule has 4 rings (SSSR count). The van der Waals surface area contributed by atoms with Crippen LogP contribution < -0.4 is 5.32 Å². The number of fused-ring (bicyclic) bond motifs is 2. The average Bonchev–Trinajstić information content (AvgIpc) is 3.23. The van der Waals surface area contributed by atoms with Gasteiger partial charge in [0.15, 0.2) is 0 Å². The summed E-state index contributed by atoms with van der Waals surface area (Å²) in [6.07, 6.45) is 7.24. The highest BCUT2D eigenvalue weighted by molar-refractivity contribution is 5.76. The molecular formula is C21H34N2O3. The molecule has 3 fully saturated rings. The van der Waals surface area contributed by atoms with E-state index in [9.17, 15) is 9.90 Å². The molecule has 5 nitrogen and oxygen atoms in total. The van der Waals surface area contributed by atoms with Gasteiger partial charge in [-0.15, -0.1) is 0 Å². The summed E-state index contributed by atoms with van der Waals surface area (Å²) in [6, 6.07) is 0. The van der Waals surface area contributed by atoms with Gasteiger partial charge in [0.25, 0.3) is 0 Å². The highest BCUT2D eigenvalue weighted by Gasteiger charge is 2.59. The van der Waals surface area contributed by atoms with E-state index in [2.05, 4.69) is 30.1 Å². The SMILES string of the molecule is C[C@@H]1CCC=C2C[C@H]3OC(=O)[C@@H](CNCCN4CCCC4)[C@H]3[C@@H](O)[C@@]21C. The number of carbonyl (C=O) groups is 1. The molecule has 146 valence electrons. The summed E-state index contributed by atoms with van der Waals surface area (Å²) in [5, 5.41) is 14.8. The summed E-state index contributed by atoms with van der Waals surface area (Å²) >= 11 is 0. The number of nitrogens with one attached hydrogen (secondary N) is 1. The lowest BCUT2D eigenvalue weighted by Crippen LogP contribution is -2.54. The van der Waals surface area contributed by atoms with Crippen molar-refractivity contribution in [3.8, 4) is 0 Å². The van der Waals surface area contributed by atoms with Crippen LogP contribution in [0.2, 0.25) is 0 Å². The second kappa shape index (κ2) is 7.25. The van der Waals surface area contributed by atoms with Crippen LogP contribution in [0.25, 0.3) is 0 Å². The Kier molecular flexibility index (Phi) is 5.15. The van der Waals surface area contributed by atoms with Crippen LogP contribution in [-0.2, 0) is 9.53 Å². The van der Waals surface area contributed by atoms with E-state index in [1.54, 1.807) is 0 Å². The maximum atomic E-state index is 12.5. The molecule has 2 aliphatic carbocycles. The summed E-state index contributed by atoms with van der Waals surface area (Å²) < 4.78 is 5.72. The van der Waals surface area contributed by atoms with E-state index in [1.165, 1.54) is 31.5 Å². The standard InChI is InChI=1S/C21H34N2O3/c1-14-6-5-7-15-12-17-18(19(24)21(14,15)2)16(20(25)26-17)13-22-8-11-23-9-3-4-10-23/h7,14,16-19,22,24H,3-6,8-13H2,1-2H3/t14-,16+,17-,18-,19-,21-/m1/s1. The molecule has 2 aliphatic heterocycles. The third kappa shape index (κ3) is 3.02. The van der Waals surface area contributed by atoms with Gasteiger partial charge in [-0.1, -0.05) is 25.5 Å². The molecule has 0 unspecified atom stereocenters. The molecule has 0 aromatic heterocycles. The summed E-state index contributed by atoms with van der Waals surface area (Å²) in [4.78, 5) is 15.0. The smallest absolute Gasteiger partial charge is 0.311 e. The van der Waals surface area contributed by atoms with Gasteiger partial charge in [-0.3, -0.25) is 4.79 Å². The molecule has 26 heavy (non-hydrogen) atoms. The van der Waals surface area contributed by atoms with Crippen LogP contribution >= 0.6 is 0 Å². The molecule has 0 spiro atoms. The fourth-order valence-corrected chi connectivity index (χ4v) is 5.80. The largest absolute Gasteiger partial charge is 0.461 e. The number of allylic oxidation sites excluding steroid dienone is 1. The third-order valence-electron chi connectivity index (χ3n) is 7.74. The molecule has 5 heteroatoms. The van der Waals surface area contributed by atoms with Gasteiger partial charge in [-0.25, -0.2) is 0 Å². The Balaban J connectivity index is 1.41. The van der Waals surface area contributed by atoms with Crippen LogP contribution in [0.1, 0.15) is 46.0 Å². The van der Waals surface area contributed by atoms with Crippen LogP contribution in [0.15, 0.2) is 11.6 Å². The molecule has 2 saturated heterocycles. The lowest BCUT2D eigenvalue weighted by molar-refractivity contribution is -0.144. The third-order valence-corrected chi connectivity index (χ3v) is 7.74. The molecule has 1 saturated carbocycles. The first-order valence-electron chi connectivity index (χ1n) is 10.5. The van der Waals surface area contributed by atoms with Crippen molar-refractivity contribution in [2.45, 2.75) is 58.2 Å². The van der Waals surface area contributed by atoms with Crippen molar-refractivity contribution >= 4 is 5.97 Å². The Labute approximate surface area is 157 Å². The quantitative estimate of drug-likeness (QED) is 0.445. The Hall–Kier alpha value is -0.910. The predicted octanol–water partition coefficient (Wildman–Crippen LogP) is 1.96. The van der Waals surface area contributed by atoms with Gasteiger partial charge in [0.2, 0.25) is 0 Å². The Morgan fingerprint density at radius 3 is 2.92 bits per heavy atom. The summed E-state index contributed by atoms with van der Waals surface area (Å²) in [6.45, 7) is 9.40. The maximum Gasteiger partial charge on any atom is 0.311 e. The van der Waals surface area contributed by atoms with Gasteiger partial charge in [0, 0.05) is 37.4 Å². The van der Waals surface area contributed by atoms with Gasteiger partial charge in [-0.2, -0.15) is 0 Å². The lowest BCUT2D eigenvalue weighted by Gasteiger charge is -2.51. The van der Waals surface area contributed by atoms with Gasteiger partial charge in [0.1, 0.15) is 6.10 Å². The number of rotatable bonds is 5. The highest BCUT2D eigenvalue weighted by Crippen LogP contribution is 2.55. The maximum absolute atomic E-state index is 12.5. The minimum absolute atomic E-state index is 0.0792. The summed E-state index contributed by atoms with van der Waals surface area (Å²) in [5.41, 5.74) is 1.10. The van der Waals surface area contributed by atoms with Crippen LogP contribution in [0, 0.1) is 23.2 Å². The molecule has 6 atom stereocenters. The van der Waals surface area contributed by atoms with Crippen LogP contribution in [0.3, 0.4) is 0 Å². The molecule has 2 N–H and O–H groups in total. The zero-order chi connectivity index (χ0) is 18.3. The minimum atomic E-state index is -0.500. The fourth-order valence-electron chi connectivity index (χ4n) is 5.80. The van der Waals surface area contributed by atoms with E-state index in [1.807, 2.05) is 0 Å². The summed E-state index contributed by atoms with van der Waals surface area (Å²) in [5.74, 6) is 0.0201. The second-order valence-corrected chi connectivity index (χ2v) is 9.05. The number of hydrogen-bond acceptors (Lipinski definition) is 5. The topological polar surface area (TPSA) is 61.8 Å². The number of ether oxygens (including phenoxy) is 1. The Morgan fingerprint density at radius 2 is 2.15 bits per heavy atom. The number of aliphatic hydroxyl groups excluding tert-OH is 1. The normalized spacial score (nSPS) is 43.0. The van der Waals surface area contributed by atoms with Crippen LogP contribution in [0.5, 0.6) is 0 Å². The molecule has 0 amide bonds. The van der Waals surface area contributed by atoms with Gasteiger partial charge < -0.3 is 20.1 Å². The number of likely N-dealkylation sites (tertiary alicyclic amines) is 1. The van der Waals surface area contributed by atoms with E-state index in [0.717, 1.165) is 32.4 Å². The van der Waals surface area contributed by atoms with Crippen molar-refractivity contribution < 1.29 is 14.6 Å². The average molecular weight is 363 g/mol. The molecule has 4 aliphatic rings. The van der Waals surface area contributed by atoms with Crippen molar-refractivity contribution in [2.24, 2.45) is 23.2 Å². The monoisotopic (exact) mass is 362 g/mol. The van der Waals surface area contributed by atoms with Gasteiger partial charge in [-0.05, 0) is 44.7 Å². The number of aliphatic hydroxyl groups is 1. The van der Waals surface area contributed by atoms with Crippen molar-refractivity contribution in [1.29, 1.82) is 0 Å². The van der Waals surface area contributed by atoms with Crippen molar-refractivity contribution in [2.75, 3.05) is 32.7 Å². The molecule has 0 aromatic carbocycles. The first kappa shape index (κ1) is 18.5. The van der Waals surface area contributed by atoms with Crippen molar-refractivity contribution in [1.82, 2.24) is 10.2 Å². The molecule has 0 aromatic rings. The molecule has 0 radical (unpaired) electrons. The Morgan fingerprint density at radius 1 is 1.38 bits per heavy atom. The van der Waals surface area contributed by atoms with Crippen LogP contribution in [-0.4, -0.2) is 60.9 Å². The summed E-state index contributed by atoms with van der Waals surface area (Å²) in [7, 11) is 0. The number of carbonyl (C=O) groups excluding carboxylic acids is 1. The zero-order valence-electron chi connectivity index (χ0n) is 16.2. The Bertz CT molecular complexity index is 572. The number of nitrogens with zero attached hydrogens (tertiary/aromatic N) is 1. The zero-order valence-corrected chi connectivity index (χ0v) is 16.2. The van der Waals surface area contributed by atoms with Gasteiger partial charge >= 0.3 is 5.97 Å². The highest BCUT2D eigenvalue weighted by atomic mass is 16.6. The van der Waals surface area contributed by atoms with Crippen molar-refractivity contribution in [3.05, 3.63) is 11.6 Å². The fraction of sp³-hybridized carbons (Fsp3) is 0.857. The molecule has 2 heterocycles. The first-order valence-corrected chi connectivity index (χ1v) is 10.5. The van der Waals surface area contributed by atoms with E-state index in [-0.39, 0.29) is 29.3 Å². The molecule has 0 bridgehead atoms. The first-order chi connectivity index (χ1) is 12.5. The van der Waals surface area contributed by atoms with E-state index < -0.39 is 6.10 Å². The molecular weight excluding hydrogens is 328 g/mol. The lowest BCUT2D eigenvalue weighted by atomic mass is 9.55. The van der Waals surface area contributed by atoms with E-state index >= 15 is 0 Å². The second-order valence-electron chi connectivity index (χ2n) is 9.05. The minimum Gasteiger partial charge on any atom is -0.461 e. The van der Waals surface area contributed by atoms with E-state index in [0.29, 0.717) is 12.5 Å². The number of esters is 1. The predicted molar refractivity (Wildman–Crippen MR) is 101 cm³/mol. The number of hydrogen-bond donors (Lipinski definition) is 2. The van der Waals surface area contributed by atoms with Gasteiger partial charge in [0.05, 0.1) is 12.0 Å².